The molecule has 3 aromatic rings. The first-order chi connectivity index (χ1) is 10.3. The second kappa shape index (κ2) is 5.62. The molecule has 0 unspecified atom stereocenters. The maximum absolute atomic E-state index is 9.05. The summed E-state index contributed by atoms with van der Waals surface area (Å²) in [5.41, 5.74) is 3.11. The summed E-state index contributed by atoms with van der Waals surface area (Å²) in [6.07, 6.45) is 1.71. The number of H-pyrrole nitrogens is 1. The van der Waals surface area contributed by atoms with Gasteiger partial charge < -0.3 is 9.71 Å². The van der Waals surface area contributed by atoms with Gasteiger partial charge in [0.15, 0.2) is 0 Å². The maximum atomic E-state index is 9.05. The molecular formula is C16H10N4S. The Hall–Kier alpha value is -2.89. The molecule has 0 radical (unpaired) electrons. The van der Waals surface area contributed by atoms with Gasteiger partial charge >= 0.3 is 0 Å². The van der Waals surface area contributed by atoms with E-state index >= 15 is 0 Å². The van der Waals surface area contributed by atoms with Crippen LogP contribution in [0.2, 0.25) is 0 Å². The number of nitrogens with zero attached hydrogens (tertiary/aromatic N) is 2. The van der Waals surface area contributed by atoms with Crippen LogP contribution in [-0.4, -0.2) is 4.98 Å². The second-order valence-electron chi connectivity index (χ2n) is 4.42. The summed E-state index contributed by atoms with van der Waals surface area (Å²) in [4.78, 5) is 4.02. The standard InChI is InChI=1S/C16H10N4S/c17-8-11-2-1-3-14(6-11)21-20-13-4-5-16-15(7-13)12(9-18)10-19-16/h1-7,10,19-20H. The van der Waals surface area contributed by atoms with Gasteiger partial charge in [0, 0.05) is 27.7 Å². The number of nitrogens with one attached hydrogen (secondary N) is 2. The van der Waals surface area contributed by atoms with Gasteiger partial charge in [-0.2, -0.15) is 10.5 Å². The molecule has 0 bridgehead atoms. The molecular weight excluding hydrogens is 280 g/mol. The average molecular weight is 290 g/mol. The Morgan fingerprint density at radius 2 is 1.95 bits per heavy atom. The summed E-state index contributed by atoms with van der Waals surface area (Å²) in [5, 5.41) is 18.8. The van der Waals surface area contributed by atoms with Crippen molar-refractivity contribution in [3.63, 3.8) is 0 Å². The normalized spacial score (nSPS) is 10.0. The molecule has 0 aliphatic heterocycles. The first-order valence-corrected chi connectivity index (χ1v) is 7.06. The molecule has 100 valence electrons. The van der Waals surface area contributed by atoms with E-state index < -0.39 is 0 Å². The van der Waals surface area contributed by atoms with Crippen molar-refractivity contribution in [2.45, 2.75) is 4.90 Å². The van der Waals surface area contributed by atoms with E-state index in [1.54, 1.807) is 12.3 Å². The number of hydrogen-bond donors (Lipinski definition) is 2. The Balaban J connectivity index is 1.82. The van der Waals surface area contributed by atoms with E-state index in [2.05, 4.69) is 21.8 Å². The maximum Gasteiger partial charge on any atom is 0.101 e. The summed E-state index contributed by atoms with van der Waals surface area (Å²) >= 11 is 1.43. The van der Waals surface area contributed by atoms with Crippen molar-refractivity contribution in [1.82, 2.24) is 4.98 Å². The number of fused-ring (bicyclic) bond motifs is 1. The van der Waals surface area contributed by atoms with Crippen molar-refractivity contribution in [2.75, 3.05) is 4.72 Å². The zero-order chi connectivity index (χ0) is 14.7. The second-order valence-corrected chi connectivity index (χ2v) is 5.30. The van der Waals surface area contributed by atoms with Crippen LogP contribution < -0.4 is 4.72 Å². The van der Waals surface area contributed by atoms with Crippen LogP contribution >= 0.6 is 11.9 Å². The van der Waals surface area contributed by atoms with E-state index in [0.29, 0.717) is 11.1 Å². The lowest BCUT2D eigenvalue weighted by molar-refractivity contribution is 1.41. The summed E-state index contributed by atoms with van der Waals surface area (Å²) in [6, 6.07) is 17.5. The van der Waals surface area contributed by atoms with Crippen LogP contribution in [0.5, 0.6) is 0 Å². The molecule has 1 aromatic heterocycles. The van der Waals surface area contributed by atoms with Gasteiger partial charge in [-0.3, -0.25) is 0 Å². The zero-order valence-electron chi connectivity index (χ0n) is 10.9. The molecule has 5 heteroatoms. The SMILES string of the molecule is N#Cc1cccc(SNc2ccc3[nH]cc(C#N)c3c2)c1. The third kappa shape index (κ3) is 2.69. The van der Waals surface area contributed by atoms with Gasteiger partial charge in [0.25, 0.3) is 0 Å². The number of rotatable bonds is 3. The van der Waals surface area contributed by atoms with E-state index in [0.717, 1.165) is 21.5 Å². The summed E-state index contributed by atoms with van der Waals surface area (Å²) < 4.78 is 3.23. The molecule has 0 saturated carbocycles. The third-order valence-electron chi connectivity index (χ3n) is 3.05. The Morgan fingerprint density at radius 1 is 1.05 bits per heavy atom. The van der Waals surface area contributed by atoms with E-state index in [1.165, 1.54) is 11.9 Å². The minimum Gasteiger partial charge on any atom is -0.360 e. The molecule has 0 saturated heterocycles. The van der Waals surface area contributed by atoms with Crippen LogP contribution in [0, 0.1) is 22.7 Å². The minimum absolute atomic E-state index is 0.630. The number of benzene rings is 2. The molecule has 21 heavy (non-hydrogen) atoms. The molecule has 0 spiro atoms. The van der Waals surface area contributed by atoms with Crippen LogP contribution in [-0.2, 0) is 0 Å². The van der Waals surface area contributed by atoms with E-state index in [1.807, 2.05) is 36.4 Å². The Labute approximate surface area is 126 Å². The quantitative estimate of drug-likeness (QED) is 0.714. The van der Waals surface area contributed by atoms with Crippen molar-refractivity contribution < 1.29 is 0 Å². The highest BCUT2D eigenvalue weighted by Crippen LogP contribution is 2.26. The summed E-state index contributed by atoms with van der Waals surface area (Å²) in [5.74, 6) is 0. The molecule has 0 aliphatic carbocycles. The van der Waals surface area contributed by atoms with Crippen molar-refractivity contribution >= 4 is 28.5 Å². The molecule has 2 N–H and O–H groups in total. The Bertz CT molecular complexity index is 883. The average Bonchev–Trinajstić information content (AvgIpc) is 2.95. The fourth-order valence-corrected chi connectivity index (χ4v) is 2.72. The number of nitriles is 2. The predicted molar refractivity (Wildman–Crippen MR) is 83.7 cm³/mol. The molecule has 0 amide bonds. The highest BCUT2D eigenvalue weighted by molar-refractivity contribution is 8.00. The van der Waals surface area contributed by atoms with Crippen molar-refractivity contribution in [3.05, 3.63) is 59.8 Å². The number of aromatic nitrogens is 1. The zero-order valence-corrected chi connectivity index (χ0v) is 11.7. The van der Waals surface area contributed by atoms with E-state index in [4.69, 9.17) is 10.5 Å². The van der Waals surface area contributed by atoms with Crippen molar-refractivity contribution in [1.29, 1.82) is 10.5 Å². The highest BCUT2D eigenvalue weighted by Gasteiger charge is 2.04. The van der Waals surface area contributed by atoms with Gasteiger partial charge in [0.2, 0.25) is 0 Å². The van der Waals surface area contributed by atoms with Crippen LogP contribution in [0.1, 0.15) is 11.1 Å². The largest absolute Gasteiger partial charge is 0.360 e. The molecule has 3 rings (SSSR count). The van der Waals surface area contributed by atoms with E-state index in [9.17, 15) is 0 Å². The van der Waals surface area contributed by atoms with Gasteiger partial charge in [-0.05, 0) is 48.3 Å². The van der Waals surface area contributed by atoms with Crippen LogP contribution in [0.15, 0.2) is 53.6 Å². The van der Waals surface area contributed by atoms with Gasteiger partial charge in [-0.15, -0.1) is 0 Å². The minimum atomic E-state index is 0.630. The van der Waals surface area contributed by atoms with Gasteiger partial charge in [-0.1, -0.05) is 6.07 Å². The lowest BCUT2D eigenvalue weighted by atomic mass is 10.2. The van der Waals surface area contributed by atoms with Gasteiger partial charge in [0.1, 0.15) is 6.07 Å². The predicted octanol–water partition coefficient (Wildman–Crippen LogP) is 4.03. The molecule has 4 nitrogen and oxygen atoms in total. The van der Waals surface area contributed by atoms with Gasteiger partial charge in [0.05, 0.1) is 17.2 Å². The molecule has 1 heterocycles. The molecule has 0 fully saturated rings. The highest BCUT2D eigenvalue weighted by atomic mass is 32.2. The first kappa shape index (κ1) is 13.1. The lowest BCUT2D eigenvalue weighted by Gasteiger charge is -2.06. The Morgan fingerprint density at radius 3 is 2.76 bits per heavy atom. The van der Waals surface area contributed by atoms with Crippen LogP contribution in [0.4, 0.5) is 5.69 Å². The topological polar surface area (TPSA) is 75.4 Å². The number of hydrogen-bond acceptors (Lipinski definition) is 4. The molecule has 2 aromatic carbocycles. The van der Waals surface area contributed by atoms with Crippen LogP contribution in [0.25, 0.3) is 10.9 Å². The van der Waals surface area contributed by atoms with Crippen molar-refractivity contribution in [3.8, 4) is 12.1 Å². The molecule has 0 atom stereocenters. The fourth-order valence-electron chi connectivity index (χ4n) is 2.02. The van der Waals surface area contributed by atoms with Crippen molar-refractivity contribution in [2.24, 2.45) is 0 Å². The first-order valence-electron chi connectivity index (χ1n) is 6.24. The lowest BCUT2D eigenvalue weighted by Crippen LogP contribution is -1.87. The number of aromatic amines is 1. The van der Waals surface area contributed by atoms with Crippen LogP contribution in [0.3, 0.4) is 0 Å². The third-order valence-corrected chi connectivity index (χ3v) is 3.88. The number of anilines is 1. The van der Waals surface area contributed by atoms with Gasteiger partial charge in [-0.25, -0.2) is 0 Å². The summed E-state index contributed by atoms with van der Waals surface area (Å²) in [7, 11) is 0. The molecule has 0 aliphatic rings. The van der Waals surface area contributed by atoms with E-state index in [-0.39, 0.29) is 0 Å². The fraction of sp³-hybridized carbons (Fsp3) is 0. The Kier molecular flexibility index (Phi) is 3.51. The summed E-state index contributed by atoms with van der Waals surface area (Å²) in [6.45, 7) is 0. The monoisotopic (exact) mass is 290 g/mol. The smallest absolute Gasteiger partial charge is 0.101 e.